The van der Waals surface area contributed by atoms with E-state index in [0.717, 1.165) is 5.69 Å². The molecule has 3 rings (SSSR count). The third-order valence-corrected chi connectivity index (χ3v) is 4.26. The molecule has 0 aliphatic rings. The average molecular weight is 375 g/mol. The second kappa shape index (κ2) is 8.05. The molecule has 2 aromatic heterocycles. The molecule has 26 heavy (non-hydrogen) atoms. The molecule has 0 spiro atoms. The van der Waals surface area contributed by atoms with Gasteiger partial charge in [0.2, 0.25) is 0 Å². The van der Waals surface area contributed by atoms with Crippen LogP contribution in [0.3, 0.4) is 0 Å². The van der Waals surface area contributed by atoms with Gasteiger partial charge in [0.15, 0.2) is 5.69 Å². The van der Waals surface area contributed by atoms with Gasteiger partial charge in [0.25, 0.3) is 5.91 Å². The van der Waals surface area contributed by atoms with Crippen molar-refractivity contribution in [2.45, 2.75) is 33.5 Å². The SMILES string of the molecule is CCn1ncc(Cl)c1CNC(=O)c1noc(C)c1COc1ccccc1. The molecule has 0 saturated heterocycles. The number of carbonyl (C=O) groups excluding carboxylic acids is 1. The number of carbonyl (C=O) groups is 1. The Morgan fingerprint density at radius 1 is 1.35 bits per heavy atom. The molecule has 0 atom stereocenters. The van der Waals surface area contributed by atoms with E-state index >= 15 is 0 Å². The highest BCUT2D eigenvalue weighted by atomic mass is 35.5. The first-order valence-electron chi connectivity index (χ1n) is 8.21. The van der Waals surface area contributed by atoms with Crippen molar-refractivity contribution in [1.82, 2.24) is 20.3 Å². The number of aromatic nitrogens is 3. The molecule has 0 aliphatic carbocycles. The molecule has 1 aromatic carbocycles. The van der Waals surface area contributed by atoms with Gasteiger partial charge in [-0.25, -0.2) is 0 Å². The van der Waals surface area contributed by atoms with Crippen LogP contribution in [0.5, 0.6) is 5.75 Å². The van der Waals surface area contributed by atoms with Crippen LogP contribution in [-0.2, 0) is 19.7 Å². The molecule has 0 fully saturated rings. The summed E-state index contributed by atoms with van der Waals surface area (Å²) in [7, 11) is 0. The standard InChI is InChI=1S/C18H19ClN4O3/c1-3-23-16(15(19)9-21-23)10-20-18(24)17-14(12(2)26-22-17)11-25-13-7-5-4-6-8-13/h4-9H,3,10-11H2,1-2H3,(H,20,24). The van der Waals surface area contributed by atoms with Crippen LogP contribution in [0.4, 0.5) is 0 Å². The van der Waals surface area contributed by atoms with Crippen LogP contribution in [0.15, 0.2) is 41.1 Å². The molecule has 8 heteroatoms. The van der Waals surface area contributed by atoms with E-state index in [4.69, 9.17) is 20.9 Å². The Kier molecular flexibility index (Phi) is 5.58. The van der Waals surface area contributed by atoms with Crippen molar-refractivity contribution in [3.63, 3.8) is 0 Å². The summed E-state index contributed by atoms with van der Waals surface area (Å²) in [4.78, 5) is 12.5. The van der Waals surface area contributed by atoms with E-state index in [9.17, 15) is 4.79 Å². The summed E-state index contributed by atoms with van der Waals surface area (Å²) in [5.74, 6) is 0.897. The second-order valence-corrected chi connectivity index (χ2v) is 6.01. The predicted molar refractivity (Wildman–Crippen MR) is 96.1 cm³/mol. The Hall–Kier alpha value is -2.80. The Morgan fingerprint density at radius 3 is 2.85 bits per heavy atom. The first-order chi connectivity index (χ1) is 12.6. The molecule has 2 heterocycles. The molecular formula is C18H19ClN4O3. The summed E-state index contributed by atoms with van der Waals surface area (Å²) >= 11 is 6.12. The number of benzene rings is 1. The van der Waals surface area contributed by atoms with Crippen molar-refractivity contribution in [3.05, 3.63) is 64.3 Å². The van der Waals surface area contributed by atoms with Gasteiger partial charge >= 0.3 is 0 Å². The summed E-state index contributed by atoms with van der Waals surface area (Å²) < 4.78 is 12.6. The fraction of sp³-hybridized carbons (Fsp3) is 0.278. The Morgan fingerprint density at radius 2 is 2.12 bits per heavy atom. The van der Waals surface area contributed by atoms with Crippen molar-refractivity contribution in [2.75, 3.05) is 0 Å². The summed E-state index contributed by atoms with van der Waals surface area (Å²) in [6.07, 6.45) is 1.56. The monoisotopic (exact) mass is 374 g/mol. The minimum atomic E-state index is -0.353. The van der Waals surface area contributed by atoms with Gasteiger partial charge in [-0.2, -0.15) is 5.10 Å². The van der Waals surface area contributed by atoms with E-state index in [-0.39, 0.29) is 24.8 Å². The van der Waals surface area contributed by atoms with Crippen molar-refractivity contribution in [3.8, 4) is 5.75 Å². The number of aryl methyl sites for hydroxylation is 2. The Balaban J connectivity index is 1.69. The minimum absolute atomic E-state index is 0.190. The number of hydrogen-bond donors (Lipinski definition) is 1. The topological polar surface area (TPSA) is 82.2 Å². The van der Waals surface area contributed by atoms with Crippen LogP contribution < -0.4 is 10.1 Å². The smallest absolute Gasteiger partial charge is 0.274 e. The quantitative estimate of drug-likeness (QED) is 0.685. The van der Waals surface area contributed by atoms with Crippen LogP contribution in [0.2, 0.25) is 5.02 Å². The number of hydrogen-bond acceptors (Lipinski definition) is 5. The van der Waals surface area contributed by atoms with Crippen LogP contribution >= 0.6 is 11.6 Å². The number of halogens is 1. The van der Waals surface area contributed by atoms with Crippen LogP contribution in [-0.4, -0.2) is 20.8 Å². The number of nitrogens with one attached hydrogen (secondary N) is 1. The van der Waals surface area contributed by atoms with Crippen molar-refractivity contribution in [1.29, 1.82) is 0 Å². The maximum absolute atomic E-state index is 12.5. The molecule has 1 N–H and O–H groups in total. The highest BCUT2D eigenvalue weighted by Gasteiger charge is 2.21. The number of para-hydroxylation sites is 1. The third kappa shape index (κ3) is 3.88. The fourth-order valence-electron chi connectivity index (χ4n) is 2.50. The Bertz CT molecular complexity index is 889. The fourth-order valence-corrected chi connectivity index (χ4v) is 2.70. The van der Waals surface area contributed by atoms with Gasteiger partial charge in [-0.05, 0) is 26.0 Å². The maximum Gasteiger partial charge on any atom is 0.274 e. The molecule has 3 aromatic rings. The Labute approximate surface area is 155 Å². The number of amides is 1. The predicted octanol–water partition coefficient (Wildman–Crippen LogP) is 3.36. The van der Waals surface area contributed by atoms with Crippen molar-refractivity contribution >= 4 is 17.5 Å². The highest BCUT2D eigenvalue weighted by molar-refractivity contribution is 6.31. The van der Waals surface area contributed by atoms with Gasteiger partial charge in [-0.15, -0.1) is 0 Å². The molecule has 0 aliphatic heterocycles. The highest BCUT2D eigenvalue weighted by Crippen LogP contribution is 2.19. The zero-order valence-corrected chi connectivity index (χ0v) is 15.3. The van der Waals surface area contributed by atoms with E-state index in [1.807, 2.05) is 37.3 Å². The lowest BCUT2D eigenvalue weighted by Crippen LogP contribution is -2.26. The number of rotatable bonds is 7. The van der Waals surface area contributed by atoms with Gasteiger partial charge in [-0.3, -0.25) is 9.48 Å². The van der Waals surface area contributed by atoms with Crippen LogP contribution in [0, 0.1) is 6.92 Å². The molecule has 0 radical (unpaired) electrons. The van der Waals surface area contributed by atoms with E-state index in [2.05, 4.69) is 15.6 Å². The molecule has 1 amide bonds. The van der Waals surface area contributed by atoms with E-state index in [0.29, 0.717) is 28.6 Å². The lowest BCUT2D eigenvalue weighted by atomic mass is 10.2. The molecule has 7 nitrogen and oxygen atoms in total. The normalized spacial score (nSPS) is 10.7. The molecular weight excluding hydrogens is 356 g/mol. The summed E-state index contributed by atoms with van der Waals surface area (Å²) in [5, 5.41) is 11.3. The van der Waals surface area contributed by atoms with Gasteiger partial charge in [0, 0.05) is 6.54 Å². The second-order valence-electron chi connectivity index (χ2n) is 5.61. The molecule has 0 bridgehead atoms. The van der Waals surface area contributed by atoms with Crippen molar-refractivity contribution in [2.24, 2.45) is 0 Å². The van der Waals surface area contributed by atoms with E-state index in [1.165, 1.54) is 0 Å². The van der Waals surface area contributed by atoms with E-state index < -0.39 is 0 Å². The third-order valence-electron chi connectivity index (χ3n) is 3.94. The number of nitrogens with zero attached hydrogens (tertiary/aromatic N) is 3. The zero-order valence-electron chi connectivity index (χ0n) is 14.5. The van der Waals surface area contributed by atoms with Gasteiger partial charge in [0.1, 0.15) is 18.1 Å². The largest absolute Gasteiger partial charge is 0.489 e. The molecule has 0 unspecified atom stereocenters. The average Bonchev–Trinajstić information content (AvgIpc) is 3.21. The van der Waals surface area contributed by atoms with E-state index in [1.54, 1.807) is 17.8 Å². The summed E-state index contributed by atoms with van der Waals surface area (Å²) in [5.41, 5.74) is 1.56. The van der Waals surface area contributed by atoms with Crippen LogP contribution in [0.1, 0.15) is 34.4 Å². The van der Waals surface area contributed by atoms with Gasteiger partial charge in [-0.1, -0.05) is 35.0 Å². The lowest BCUT2D eigenvalue weighted by Gasteiger charge is -2.08. The lowest BCUT2D eigenvalue weighted by molar-refractivity contribution is 0.0938. The van der Waals surface area contributed by atoms with Crippen LogP contribution in [0.25, 0.3) is 0 Å². The van der Waals surface area contributed by atoms with Crippen molar-refractivity contribution < 1.29 is 14.1 Å². The molecule has 136 valence electrons. The number of ether oxygens (including phenoxy) is 1. The zero-order chi connectivity index (χ0) is 18.5. The first-order valence-corrected chi connectivity index (χ1v) is 8.59. The summed E-state index contributed by atoms with van der Waals surface area (Å²) in [6.45, 7) is 4.80. The van der Waals surface area contributed by atoms with Gasteiger partial charge < -0.3 is 14.6 Å². The molecule has 0 saturated carbocycles. The first kappa shape index (κ1) is 18.0. The summed E-state index contributed by atoms with van der Waals surface area (Å²) in [6, 6.07) is 9.35. The maximum atomic E-state index is 12.5. The van der Waals surface area contributed by atoms with Gasteiger partial charge in [0.05, 0.1) is 29.0 Å². The minimum Gasteiger partial charge on any atom is -0.489 e.